The average molecular weight is 236 g/mol. The monoisotopic (exact) mass is 236 g/mol. The van der Waals surface area contributed by atoms with Crippen molar-refractivity contribution in [2.24, 2.45) is 0 Å². The molecule has 3 aromatic rings. The van der Waals surface area contributed by atoms with E-state index < -0.39 is 0 Å². The molecule has 88 valence electrons. The highest BCUT2D eigenvalue weighted by Gasteiger charge is 2.02. The van der Waals surface area contributed by atoms with Crippen molar-refractivity contribution in [3.8, 4) is 16.8 Å². The first-order valence-electron chi connectivity index (χ1n) is 5.65. The Morgan fingerprint density at radius 3 is 2.44 bits per heavy atom. The summed E-state index contributed by atoms with van der Waals surface area (Å²) < 4.78 is 1.79. The van der Waals surface area contributed by atoms with Gasteiger partial charge in [-0.1, -0.05) is 30.3 Å². The Balaban J connectivity index is 1.97. The third kappa shape index (κ3) is 1.96. The fraction of sp³-hybridized carbons (Fsp3) is 0. The van der Waals surface area contributed by atoms with Crippen molar-refractivity contribution >= 4 is 5.82 Å². The minimum Gasteiger partial charge on any atom is -0.384 e. The van der Waals surface area contributed by atoms with Crippen LogP contribution in [0.4, 0.5) is 5.82 Å². The molecule has 0 fully saturated rings. The standard InChI is InChI=1S/C14H12N4/c15-14-7-6-13(9-16-14)18-10-12(8-17-18)11-4-2-1-3-5-11/h1-10H,(H2,15,16). The molecule has 4 nitrogen and oxygen atoms in total. The van der Waals surface area contributed by atoms with Crippen LogP contribution in [0.15, 0.2) is 61.1 Å². The molecule has 0 amide bonds. The zero-order valence-electron chi connectivity index (χ0n) is 9.69. The maximum absolute atomic E-state index is 5.56. The summed E-state index contributed by atoms with van der Waals surface area (Å²) in [6.45, 7) is 0. The van der Waals surface area contributed by atoms with Crippen molar-refractivity contribution in [1.29, 1.82) is 0 Å². The number of benzene rings is 1. The van der Waals surface area contributed by atoms with Gasteiger partial charge in [0.1, 0.15) is 5.82 Å². The summed E-state index contributed by atoms with van der Waals surface area (Å²) in [5.74, 6) is 0.509. The van der Waals surface area contributed by atoms with Crippen LogP contribution in [-0.4, -0.2) is 14.8 Å². The van der Waals surface area contributed by atoms with Gasteiger partial charge in [0.2, 0.25) is 0 Å². The smallest absolute Gasteiger partial charge is 0.123 e. The predicted molar refractivity (Wildman–Crippen MR) is 71.2 cm³/mol. The molecule has 0 bridgehead atoms. The number of nitrogens with two attached hydrogens (primary N) is 1. The third-order valence-corrected chi connectivity index (χ3v) is 2.73. The molecule has 2 aromatic heterocycles. The second-order valence-corrected chi connectivity index (χ2v) is 3.98. The Bertz CT molecular complexity index is 641. The van der Waals surface area contributed by atoms with E-state index in [4.69, 9.17) is 5.73 Å². The van der Waals surface area contributed by atoms with E-state index in [2.05, 4.69) is 22.2 Å². The molecule has 0 aliphatic carbocycles. The summed E-state index contributed by atoms with van der Waals surface area (Å²) in [5.41, 5.74) is 8.68. The molecule has 18 heavy (non-hydrogen) atoms. The summed E-state index contributed by atoms with van der Waals surface area (Å²) in [5, 5.41) is 4.33. The van der Waals surface area contributed by atoms with Gasteiger partial charge < -0.3 is 5.73 Å². The van der Waals surface area contributed by atoms with E-state index in [9.17, 15) is 0 Å². The van der Waals surface area contributed by atoms with E-state index in [-0.39, 0.29) is 0 Å². The number of rotatable bonds is 2. The third-order valence-electron chi connectivity index (χ3n) is 2.73. The molecule has 0 aliphatic rings. The number of aromatic nitrogens is 3. The second kappa shape index (κ2) is 4.33. The lowest BCUT2D eigenvalue weighted by atomic mass is 10.1. The second-order valence-electron chi connectivity index (χ2n) is 3.98. The molecule has 0 saturated carbocycles. The Morgan fingerprint density at radius 1 is 0.889 bits per heavy atom. The minimum atomic E-state index is 0.509. The van der Waals surface area contributed by atoms with Gasteiger partial charge >= 0.3 is 0 Å². The zero-order valence-corrected chi connectivity index (χ0v) is 9.69. The number of anilines is 1. The summed E-state index contributed by atoms with van der Waals surface area (Å²) in [7, 11) is 0. The molecule has 3 rings (SSSR count). The van der Waals surface area contributed by atoms with Crippen LogP contribution in [0, 0.1) is 0 Å². The van der Waals surface area contributed by atoms with Gasteiger partial charge in [-0.15, -0.1) is 0 Å². The van der Waals surface area contributed by atoms with E-state index in [0.29, 0.717) is 5.82 Å². The van der Waals surface area contributed by atoms with E-state index in [1.165, 1.54) is 0 Å². The van der Waals surface area contributed by atoms with Gasteiger partial charge in [-0.2, -0.15) is 5.10 Å². The largest absolute Gasteiger partial charge is 0.384 e. The molecule has 0 unspecified atom stereocenters. The van der Waals surface area contributed by atoms with Crippen LogP contribution in [0.5, 0.6) is 0 Å². The maximum atomic E-state index is 5.56. The van der Waals surface area contributed by atoms with E-state index in [1.54, 1.807) is 16.9 Å². The maximum Gasteiger partial charge on any atom is 0.123 e. The molecule has 4 heteroatoms. The van der Waals surface area contributed by atoms with Crippen molar-refractivity contribution < 1.29 is 0 Å². The molecular weight excluding hydrogens is 224 g/mol. The molecule has 0 saturated heterocycles. The van der Waals surface area contributed by atoms with Gasteiger partial charge in [-0.05, 0) is 17.7 Å². The van der Waals surface area contributed by atoms with Gasteiger partial charge in [0.15, 0.2) is 0 Å². The fourth-order valence-corrected chi connectivity index (χ4v) is 1.78. The van der Waals surface area contributed by atoms with Crippen molar-refractivity contribution in [2.75, 3.05) is 5.73 Å². The lowest BCUT2D eigenvalue weighted by molar-refractivity contribution is 0.874. The van der Waals surface area contributed by atoms with E-state index in [0.717, 1.165) is 16.8 Å². The molecular formula is C14H12N4. The highest BCUT2D eigenvalue weighted by Crippen LogP contribution is 2.19. The van der Waals surface area contributed by atoms with Crippen LogP contribution in [0.2, 0.25) is 0 Å². The summed E-state index contributed by atoms with van der Waals surface area (Å²) in [4.78, 5) is 4.05. The predicted octanol–water partition coefficient (Wildman–Crippen LogP) is 2.52. The van der Waals surface area contributed by atoms with Crippen LogP contribution in [-0.2, 0) is 0 Å². The van der Waals surface area contributed by atoms with Gasteiger partial charge in [-0.3, -0.25) is 0 Å². The van der Waals surface area contributed by atoms with Crippen molar-refractivity contribution in [3.05, 3.63) is 61.1 Å². The van der Waals surface area contributed by atoms with Crippen molar-refractivity contribution in [3.63, 3.8) is 0 Å². The van der Waals surface area contributed by atoms with Gasteiger partial charge in [0, 0.05) is 11.8 Å². The fourth-order valence-electron chi connectivity index (χ4n) is 1.78. The molecule has 1 aromatic carbocycles. The highest BCUT2D eigenvalue weighted by molar-refractivity contribution is 5.61. The number of hydrogen-bond donors (Lipinski definition) is 1. The average Bonchev–Trinajstić information content (AvgIpc) is 2.90. The van der Waals surface area contributed by atoms with Crippen LogP contribution in [0.25, 0.3) is 16.8 Å². The quantitative estimate of drug-likeness (QED) is 0.743. The van der Waals surface area contributed by atoms with Crippen LogP contribution in [0.1, 0.15) is 0 Å². The van der Waals surface area contributed by atoms with Crippen LogP contribution in [0.3, 0.4) is 0 Å². The molecule has 0 atom stereocenters. The van der Waals surface area contributed by atoms with Gasteiger partial charge in [-0.25, -0.2) is 9.67 Å². The van der Waals surface area contributed by atoms with E-state index >= 15 is 0 Å². The molecule has 0 spiro atoms. The normalized spacial score (nSPS) is 10.4. The summed E-state index contributed by atoms with van der Waals surface area (Å²) in [6.07, 6.45) is 5.52. The Kier molecular flexibility index (Phi) is 2.53. The number of nitrogens with zero attached hydrogens (tertiary/aromatic N) is 3. The first-order valence-corrected chi connectivity index (χ1v) is 5.65. The zero-order chi connectivity index (χ0) is 12.4. The molecule has 2 heterocycles. The molecule has 2 N–H and O–H groups in total. The number of hydrogen-bond acceptors (Lipinski definition) is 3. The topological polar surface area (TPSA) is 56.7 Å². The Hall–Kier alpha value is -2.62. The Morgan fingerprint density at radius 2 is 1.72 bits per heavy atom. The first kappa shape index (κ1) is 10.5. The van der Waals surface area contributed by atoms with Gasteiger partial charge in [0.05, 0.1) is 18.1 Å². The molecule has 0 radical (unpaired) electrons. The van der Waals surface area contributed by atoms with Crippen LogP contribution < -0.4 is 5.73 Å². The van der Waals surface area contributed by atoms with Crippen molar-refractivity contribution in [1.82, 2.24) is 14.8 Å². The summed E-state index contributed by atoms with van der Waals surface area (Å²) in [6, 6.07) is 13.8. The Labute approximate surface area is 105 Å². The van der Waals surface area contributed by atoms with Crippen LogP contribution >= 0.6 is 0 Å². The van der Waals surface area contributed by atoms with Gasteiger partial charge in [0.25, 0.3) is 0 Å². The summed E-state index contributed by atoms with van der Waals surface area (Å²) >= 11 is 0. The van der Waals surface area contributed by atoms with Crippen molar-refractivity contribution in [2.45, 2.75) is 0 Å². The minimum absolute atomic E-state index is 0.509. The lowest BCUT2D eigenvalue weighted by Gasteiger charge is -2.00. The number of pyridine rings is 1. The SMILES string of the molecule is Nc1ccc(-n2cc(-c3ccccc3)cn2)cn1. The molecule has 0 aliphatic heterocycles. The lowest BCUT2D eigenvalue weighted by Crippen LogP contribution is -1.96. The first-order chi connectivity index (χ1) is 8.83. The van der Waals surface area contributed by atoms with E-state index in [1.807, 2.05) is 36.7 Å². The highest BCUT2D eigenvalue weighted by atomic mass is 15.3. The number of nitrogen functional groups attached to an aromatic ring is 1.